The van der Waals surface area contributed by atoms with Gasteiger partial charge in [-0.3, -0.25) is 9.59 Å². The molecule has 1 heterocycles. The number of aryl methyl sites for hydroxylation is 2. The lowest BCUT2D eigenvalue weighted by Gasteiger charge is -2.10. The van der Waals surface area contributed by atoms with Gasteiger partial charge in [0.25, 0.3) is 5.91 Å². The quantitative estimate of drug-likeness (QED) is 0.915. The largest absolute Gasteiger partial charge is 0.347 e. The highest BCUT2D eigenvalue weighted by molar-refractivity contribution is 7.17. The van der Waals surface area contributed by atoms with Gasteiger partial charge in [0.2, 0.25) is 5.91 Å². The molecule has 0 aliphatic rings. The predicted molar refractivity (Wildman–Crippen MR) is 92.7 cm³/mol. The fraction of sp³-hybridized carbons (Fsp3) is 0.353. The van der Waals surface area contributed by atoms with Crippen molar-refractivity contribution < 1.29 is 9.59 Å². The van der Waals surface area contributed by atoms with Gasteiger partial charge >= 0.3 is 0 Å². The molecule has 0 radical (unpaired) electrons. The summed E-state index contributed by atoms with van der Waals surface area (Å²) in [6, 6.07) is 8.19. The monoisotopic (exact) mass is 331 g/mol. The van der Waals surface area contributed by atoms with Crippen LogP contribution in [0.5, 0.6) is 0 Å². The Kier molecular flexibility index (Phi) is 5.50. The maximum absolute atomic E-state index is 12.2. The number of carbonyl (C=O) groups excluding carboxylic acids is 2. The number of thiazole rings is 1. The minimum Gasteiger partial charge on any atom is -0.347 e. The van der Waals surface area contributed by atoms with Gasteiger partial charge in [0, 0.05) is 19.7 Å². The standard InChI is InChI=1S/C17H21N3O2S/c1-5-12-6-8-13(9-7-12)17-19-11(2)15(23-17)16(22)18-10-14(21)20(3)4/h6-9H,5,10H2,1-4H3,(H,18,22). The van der Waals surface area contributed by atoms with Gasteiger partial charge in [0.15, 0.2) is 0 Å². The Morgan fingerprint density at radius 2 is 1.87 bits per heavy atom. The van der Waals surface area contributed by atoms with Crippen molar-refractivity contribution in [2.75, 3.05) is 20.6 Å². The number of nitrogens with one attached hydrogen (secondary N) is 1. The molecule has 2 amide bonds. The van der Waals surface area contributed by atoms with E-state index in [9.17, 15) is 9.59 Å². The van der Waals surface area contributed by atoms with E-state index < -0.39 is 0 Å². The summed E-state index contributed by atoms with van der Waals surface area (Å²) in [6.07, 6.45) is 0.991. The second-order valence-corrected chi connectivity index (χ2v) is 6.45. The Labute approximate surface area is 140 Å². The van der Waals surface area contributed by atoms with Crippen LogP contribution in [0.1, 0.15) is 27.9 Å². The summed E-state index contributed by atoms with van der Waals surface area (Å²) in [4.78, 5) is 30.3. The Bertz CT molecular complexity index is 705. The minimum absolute atomic E-state index is 0.0102. The van der Waals surface area contributed by atoms with Gasteiger partial charge in [0.1, 0.15) is 9.88 Å². The van der Waals surface area contributed by atoms with Crippen LogP contribution < -0.4 is 5.32 Å². The van der Waals surface area contributed by atoms with Gasteiger partial charge in [-0.1, -0.05) is 31.2 Å². The third-order valence-electron chi connectivity index (χ3n) is 3.51. The number of benzene rings is 1. The van der Waals surface area contributed by atoms with Crippen molar-refractivity contribution in [1.82, 2.24) is 15.2 Å². The molecule has 0 fully saturated rings. The lowest BCUT2D eigenvalue weighted by atomic mass is 10.1. The zero-order valence-electron chi connectivity index (χ0n) is 13.8. The molecule has 0 atom stereocenters. The number of hydrogen-bond donors (Lipinski definition) is 1. The molecule has 5 nitrogen and oxygen atoms in total. The van der Waals surface area contributed by atoms with Crippen molar-refractivity contribution in [3.05, 3.63) is 40.4 Å². The van der Waals surface area contributed by atoms with Crippen LogP contribution >= 0.6 is 11.3 Å². The highest BCUT2D eigenvalue weighted by Gasteiger charge is 2.17. The molecular formula is C17H21N3O2S. The smallest absolute Gasteiger partial charge is 0.263 e. The number of likely N-dealkylation sites (N-methyl/N-ethyl adjacent to an activating group) is 1. The molecule has 0 spiro atoms. The summed E-state index contributed by atoms with van der Waals surface area (Å²) in [5.74, 6) is -0.400. The average molecular weight is 331 g/mol. The number of rotatable bonds is 5. The topological polar surface area (TPSA) is 62.3 Å². The minimum atomic E-state index is -0.258. The zero-order chi connectivity index (χ0) is 17.0. The van der Waals surface area contributed by atoms with Gasteiger partial charge in [-0.2, -0.15) is 0 Å². The Morgan fingerprint density at radius 1 is 1.22 bits per heavy atom. The van der Waals surface area contributed by atoms with E-state index >= 15 is 0 Å². The first-order valence-electron chi connectivity index (χ1n) is 7.47. The van der Waals surface area contributed by atoms with Gasteiger partial charge in [-0.15, -0.1) is 11.3 Å². The zero-order valence-corrected chi connectivity index (χ0v) is 14.7. The maximum Gasteiger partial charge on any atom is 0.263 e. The number of carbonyl (C=O) groups is 2. The maximum atomic E-state index is 12.2. The summed E-state index contributed by atoms with van der Waals surface area (Å²) in [7, 11) is 3.31. The van der Waals surface area contributed by atoms with Crippen LogP contribution in [0, 0.1) is 6.92 Å². The molecule has 2 aromatic rings. The van der Waals surface area contributed by atoms with Crippen LogP contribution in [0.15, 0.2) is 24.3 Å². The second kappa shape index (κ2) is 7.37. The van der Waals surface area contributed by atoms with E-state index in [0.717, 1.165) is 17.0 Å². The van der Waals surface area contributed by atoms with Crippen LogP contribution in [0.2, 0.25) is 0 Å². The highest BCUT2D eigenvalue weighted by atomic mass is 32.1. The number of nitrogens with zero attached hydrogens (tertiary/aromatic N) is 2. The lowest BCUT2D eigenvalue weighted by molar-refractivity contribution is -0.127. The number of hydrogen-bond acceptors (Lipinski definition) is 4. The molecule has 122 valence electrons. The van der Waals surface area contributed by atoms with Crippen molar-refractivity contribution in [1.29, 1.82) is 0 Å². The predicted octanol–water partition coefficient (Wildman–Crippen LogP) is 2.50. The first-order chi connectivity index (χ1) is 10.9. The highest BCUT2D eigenvalue weighted by Crippen LogP contribution is 2.28. The van der Waals surface area contributed by atoms with E-state index in [4.69, 9.17) is 0 Å². The van der Waals surface area contributed by atoms with Gasteiger partial charge in [-0.25, -0.2) is 4.98 Å². The fourth-order valence-electron chi connectivity index (χ4n) is 2.01. The number of aromatic nitrogens is 1. The molecule has 0 bridgehead atoms. The fourth-order valence-corrected chi connectivity index (χ4v) is 3.00. The molecule has 1 N–H and O–H groups in total. The van der Waals surface area contributed by atoms with Crippen molar-refractivity contribution >= 4 is 23.2 Å². The SMILES string of the molecule is CCc1ccc(-c2nc(C)c(C(=O)NCC(=O)N(C)C)s2)cc1. The molecule has 1 aromatic carbocycles. The van der Waals surface area contributed by atoms with Crippen molar-refractivity contribution in [2.45, 2.75) is 20.3 Å². The molecular weight excluding hydrogens is 310 g/mol. The molecule has 0 saturated carbocycles. The van der Waals surface area contributed by atoms with E-state index in [-0.39, 0.29) is 18.4 Å². The summed E-state index contributed by atoms with van der Waals surface area (Å²) in [6.45, 7) is 3.91. The first-order valence-corrected chi connectivity index (χ1v) is 8.29. The second-order valence-electron chi connectivity index (χ2n) is 5.45. The first kappa shape index (κ1) is 17.1. The Morgan fingerprint density at radius 3 is 2.43 bits per heavy atom. The number of amides is 2. The average Bonchev–Trinajstić information content (AvgIpc) is 2.94. The summed E-state index contributed by atoms with van der Waals surface area (Å²) in [5, 5.41) is 3.46. The Hall–Kier alpha value is -2.21. The normalized spacial score (nSPS) is 10.4. The molecule has 0 aliphatic heterocycles. The van der Waals surface area contributed by atoms with E-state index in [1.165, 1.54) is 21.8 Å². The molecule has 2 rings (SSSR count). The molecule has 1 aromatic heterocycles. The van der Waals surface area contributed by atoms with Crippen LogP contribution in [-0.4, -0.2) is 42.3 Å². The summed E-state index contributed by atoms with van der Waals surface area (Å²) < 4.78 is 0. The van der Waals surface area contributed by atoms with Gasteiger partial charge in [0.05, 0.1) is 12.2 Å². The molecule has 0 aliphatic carbocycles. The van der Waals surface area contributed by atoms with E-state index in [1.54, 1.807) is 14.1 Å². The van der Waals surface area contributed by atoms with Crippen LogP contribution in [0.3, 0.4) is 0 Å². The van der Waals surface area contributed by atoms with Crippen molar-refractivity contribution in [3.8, 4) is 10.6 Å². The molecule has 0 unspecified atom stereocenters. The van der Waals surface area contributed by atoms with E-state index in [0.29, 0.717) is 10.6 Å². The van der Waals surface area contributed by atoms with Crippen LogP contribution in [0.25, 0.3) is 10.6 Å². The van der Waals surface area contributed by atoms with E-state index in [2.05, 4.69) is 29.4 Å². The molecule has 0 saturated heterocycles. The third-order valence-corrected chi connectivity index (χ3v) is 4.72. The summed E-state index contributed by atoms with van der Waals surface area (Å²) >= 11 is 1.35. The van der Waals surface area contributed by atoms with Crippen molar-refractivity contribution in [2.24, 2.45) is 0 Å². The molecule has 6 heteroatoms. The Balaban J connectivity index is 2.13. The lowest BCUT2D eigenvalue weighted by Crippen LogP contribution is -2.36. The summed E-state index contributed by atoms with van der Waals surface area (Å²) in [5.41, 5.74) is 2.94. The van der Waals surface area contributed by atoms with Crippen molar-refractivity contribution in [3.63, 3.8) is 0 Å². The van der Waals surface area contributed by atoms with Gasteiger partial charge in [-0.05, 0) is 18.9 Å². The molecule has 23 heavy (non-hydrogen) atoms. The third kappa shape index (κ3) is 4.16. The van der Waals surface area contributed by atoms with Gasteiger partial charge < -0.3 is 10.2 Å². The van der Waals surface area contributed by atoms with Crippen LogP contribution in [-0.2, 0) is 11.2 Å². The van der Waals surface area contributed by atoms with Crippen LogP contribution in [0.4, 0.5) is 0 Å². The van der Waals surface area contributed by atoms with E-state index in [1.807, 2.05) is 19.1 Å².